The van der Waals surface area contributed by atoms with E-state index in [1.165, 1.54) is 0 Å². The van der Waals surface area contributed by atoms with Crippen LogP contribution in [0.2, 0.25) is 0 Å². The summed E-state index contributed by atoms with van der Waals surface area (Å²) in [6.45, 7) is 1.10. The largest absolute Gasteiger partial charge is 0.411 e. The molecule has 0 aliphatic heterocycles. The van der Waals surface area contributed by atoms with Crippen molar-refractivity contribution in [3.05, 3.63) is 0 Å². The average molecular weight is 268 g/mol. The highest BCUT2D eigenvalue weighted by atomic mass is 19.4. The molecule has 3 atom stereocenters. The molecule has 1 fully saturated rings. The van der Waals surface area contributed by atoms with Gasteiger partial charge in [0, 0.05) is 6.61 Å². The number of aliphatic hydroxyl groups is 1. The number of rotatable bonds is 6. The van der Waals surface area contributed by atoms with E-state index in [9.17, 15) is 18.3 Å². The third-order valence-electron chi connectivity index (χ3n) is 3.76. The first kappa shape index (κ1) is 15.8. The van der Waals surface area contributed by atoms with Gasteiger partial charge in [-0.3, -0.25) is 0 Å². The first-order valence-corrected chi connectivity index (χ1v) is 6.75. The number of aliphatic hydroxyl groups excluding tert-OH is 1. The molecule has 5 heteroatoms. The standard InChI is InChI=1S/C13H23F3O2/c1-2-10-5-6-12(17)11(8-10)4-3-7-18-9-13(14,15)16/h10-12,17H,2-9H2,1H3. The van der Waals surface area contributed by atoms with Crippen molar-refractivity contribution in [2.75, 3.05) is 13.2 Å². The molecule has 1 aliphatic carbocycles. The van der Waals surface area contributed by atoms with Crippen LogP contribution in [0.1, 0.15) is 45.4 Å². The number of hydrogen-bond acceptors (Lipinski definition) is 2. The highest BCUT2D eigenvalue weighted by Crippen LogP contribution is 2.33. The van der Waals surface area contributed by atoms with Gasteiger partial charge in [-0.15, -0.1) is 0 Å². The van der Waals surface area contributed by atoms with E-state index in [0.717, 1.165) is 32.1 Å². The van der Waals surface area contributed by atoms with E-state index in [1.807, 2.05) is 0 Å². The van der Waals surface area contributed by atoms with Crippen molar-refractivity contribution in [2.45, 2.75) is 57.7 Å². The Balaban J connectivity index is 2.13. The molecule has 108 valence electrons. The summed E-state index contributed by atoms with van der Waals surface area (Å²) >= 11 is 0. The maximum Gasteiger partial charge on any atom is 0.411 e. The fourth-order valence-electron chi connectivity index (χ4n) is 2.66. The van der Waals surface area contributed by atoms with E-state index >= 15 is 0 Å². The van der Waals surface area contributed by atoms with E-state index in [-0.39, 0.29) is 18.6 Å². The van der Waals surface area contributed by atoms with Crippen LogP contribution in [-0.2, 0) is 4.74 Å². The monoisotopic (exact) mass is 268 g/mol. The average Bonchev–Trinajstić information content (AvgIpc) is 2.29. The van der Waals surface area contributed by atoms with E-state index in [1.54, 1.807) is 0 Å². The number of halogens is 3. The van der Waals surface area contributed by atoms with Gasteiger partial charge in [0.25, 0.3) is 0 Å². The van der Waals surface area contributed by atoms with E-state index in [0.29, 0.717) is 12.3 Å². The third kappa shape index (κ3) is 6.05. The molecule has 0 aromatic heterocycles. The fraction of sp³-hybridized carbons (Fsp3) is 1.00. The van der Waals surface area contributed by atoms with Gasteiger partial charge in [0.05, 0.1) is 6.10 Å². The van der Waals surface area contributed by atoms with Crippen LogP contribution in [0.4, 0.5) is 13.2 Å². The summed E-state index contributed by atoms with van der Waals surface area (Å²) in [7, 11) is 0. The van der Waals surface area contributed by atoms with Crippen LogP contribution in [0.25, 0.3) is 0 Å². The summed E-state index contributed by atoms with van der Waals surface area (Å²) in [4.78, 5) is 0. The van der Waals surface area contributed by atoms with Crippen molar-refractivity contribution in [1.82, 2.24) is 0 Å². The SMILES string of the molecule is CCC1CCC(O)C(CCCOCC(F)(F)F)C1. The van der Waals surface area contributed by atoms with Crippen LogP contribution in [0, 0.1) is 11.8 Å². The Morgan fingerprint density at radius 2 is 2.00 bits per heavy atom. The van der Waals surface area contributed by atoms with Gasteiger partial charge in [-0.1, -0.05) is 13.3 Å². The summed E-state index contributed by atoms with van der Waals surface area (Å²) in [5.74, 6) is 0.896. The molecule has 18 heavy (non-hydrogen) atoms. The topological polar surface area (TPSA) is 29.5 Å². The Bertz CT molecular complexity index is 231. The molecule has 0 heterocycles. The Hall–Kier alpha value is -0.290. The number of hydrogen-bond donors (Lipinski definition) is 1. The minimum absolute atomic E-state index is 0.125. The maximum absolute atomic E-state index is 11.8. The highest BCUT2D eigenvalue weighted by molar-refractivity contribution is 4.79. The van der Waals surface area contributed by atoms with Gasteiger partial charge in [-0.05, 0) is 43.9 Å². The second kappa shape index (κ2) is 7.34. The molecule has 1 rings (SSSR count). The van der Waals surface area contributed by atoms with Crippen LogP contribution < -0.4 is 0 Å². The maximum atomic E-state index is 11.8. The van der Waals surface area contributed by atoms with Crippen LogP contribution in [0.3, 0.4) is 0 Å². The molecular formula is C13H23F3O2. The lowest BCUT2D eigenvalue weighted by atomic mass is 9.76. The molecule has 0 saturated heterocycles. The van der Waals surface area contributed by atoms with Gasteiger partial charge >= 0.3 is 6.18 Å². The molecule has 3 unspecified atom stereocenters. The van der Waals surface area contributed by atoms with Crippen LogP contribution in [0.5, 0.6) is 0 Å². The number of alkyl halides is 3. The fourth-order valence-corrected chi connectivity index (χ4v) is 2.66. The van der Waals surface area contributed by atoms with Crippen LogP contribution in [0.15, 0.2) is 0 Å². The zero-order chi connectivity index (χ0) is 13.6. The molecule has 1 saturated carbocycles. The van der Waals surface area contributed by atoms with Gasteiger partial charge in [0.15, 0.2) is 0 Å². The summed E-state index contributed by atoms with van der Waals surface area (Å²) in [5, 5.41) is 9.85. The van der Waals surface area contributed by atoms with E-state index in [4.69, 9.17) is 0 Å². The van der Waals surface area contributed by atoms with Crippen molar-refractivity contribution in [2.24, 2.45) is 11.8 Å². The Morgan fingerprint density at radius 1 is 1.28 bits per heavy atom. The first-order chi connectivity index (χ1) is 8.42. The van der Waals surface area contributed by atoms with Gasteiger partial charge in [0.2, 0.25) is 0 Å². The second-order valence-corrected chi connectivity index (χ2v) is 5.22. The lowest BCUT2D eigenvalue weighted by Crippen LogP contribution is -2.29. The van der Waals surface area contributed by atoms with Crippen LogP contribution in [-0.4, -0.2) is 30.6 Å². The Morgan fingerprint density at radius 3 is 2.61 bits per heavy atom. The van der Waals surface area contributed by atoms with E-state index < -0.39 is 12.8 Å². The van der Waals surface area contributed by atoms with Crippen LogP contribution >= 0.6 is 0 Å². The van der Waals surface area contributed by atoms with Gasteiger partial charge < -0.3 is 9.84 Å². The lowest BCUT2D eigenvalue weighted by Gasteiger charge is -2.33. The Kier molecular flexibility index (Phi) is 6.43. The molecule has 0 amide bonds. The smallest absolute Gasteiger partial charge is 0.393 e. The zero-order valence-corrected chi connectivity index (χ0v) is 10.9. The molecule has 1 aliphatic rings. The quantitative estimate of drug-likeness (QED) is 0.747. The minimum atomic E-state index is -4.24. The molecule has 0 bridgehead atoms. The van der Waals surface area contributed by atoms with Crippen molar-refractivity contribution < 1.29 is 23.0 Å². The summed E-state index contributed by atoms with van der Waals surface area (Å²) in [5.41, 5.74) is 0. The van der Waals surface area contributed by atoms with E-state index in [2.05, 4.69) is 11.7 Å². The zero-order valence-electron chi connectivity index (χ0n) is 10.9. The van der Waals surface area contributed by atoms with Crippen molar-refractivity contribution >= 4 is 0 Å². The summed E-state index contributed by atoms with van der Waals surface area (Å²) in [6, 6.07) is 0. The molecule has 2 nitrogen and oxygen atoms in total. The molecule has 0 aromatic carbocycles. The molecule has 0 radical (unpaired) electrons. The number of ether oxygens (including phenoxy) is 1. The normalized spacial score (nSPS) is 29.5. The van der Waals surface area contributed by atoms with Gasteiger partial charge in [-0.2, -0.15) is 13.2 Å². The second-order valence-electron chi connectivity index (χ2n) is 5.22. The molecule has 0 spiro atoms. The lowest BCUT2D eigenvalue weighted by molar-refractivity contribution is -0.174. The van der Waals surface area contributed by atoms with Gasteiger partial charge in [0.1, 0.15) is 6.61 Å². The Labute approximate surface area is 107 Å². The minimum Gasteiger partial charge on any atom is -0.393 e. The summed E-state index contributed by atoms with van der Waals surface area (Å²) < 4.78 is 40.1. The third-order valence-corrected chi connectivity index (χ3v) is 3.76. The first-order valence-electron chi connectivity index (χ1n) is 6.75. The predicted molar refractivity (Wildman–Crippen MR) is 63.2 cm³/mol. The van der Waals surface area contributed by atoms with Crippen molar-refractivity contribution in [3.8, 4) is 0 Å². The molecule has 1 N–H and O–H groups in total. The van der Waals surface area contributed by atoms with Crippen molar-refractivity contribution in [3.63, 3.8) is 0 Å². The predicted octanol–water partition coefficient (Wildman–Crippen LogP) is 3.53. The molecule has 0 aromatic rings. The van der Waals surface area contributed by atoms with Gasteiger partial charge in [-0.25, -0.2) is 0 Å². The van der Waals surface area contributed by atoms with Crippen molar-refractivity contribution in [1.29, 1.82) is 0 Å². The summed E-state index contributed by atoms with van der Waals surface area (Å²) in [6.07, 6.45) is 0.840. The molecular weight excluding hydrogens is 245 g/mol. The highest BCUT2D eigenvalue weighted by Gasteiger charge is 2.29.